The first-order valence-electron chi connectivity index (χ1n) is 18.9. The minimum Gasteiger partial charge on any atom is -0.354 e. The fraction of sp³-hybridized carbons (Fsp3) is 0.390. The molecule has 15 heteroatoms. The lowest BCUT2D eigenvalue weighted by molar-refractivity contribution is -0.115. The number of aldehydes is 1. The zero-order valence-electron chi connectivity index (χ0n) is 32.1. The third-order valence-corrected chi connectivity index (χ3v) is 10.8. The van der Waals surface area contributed by atoms with Crippen molar-refractivity contribution in [3.05, 3.63) is 88.9 Å². The number of nitrogens with zero attached hydrogens (tertiary/aromatic N) is 8. The molecule has 7 rings (SSSR count). The van der Waals surface area contributed by atoms with Crippen molar-refractivity contribution in [1.29, 1.82) is 0 Å². The molecule has 3 aliphatic rings. The van der Waals surface area contributed by atoms with Gasteiger partial charge >= 0.3 is 0 Å². The molecule has 3 fully saturated rings. The van der Waals surface area contributed by atoms with Crippen LogP contribution >= 0.6 is 11.8 Å². The smallest absolute Gasteiger partial charge is 0.290 e. The molecule has 2 aromatic carbocycles. The molecule has 3 saturated heterocycles. The number of benzene rings is 2. The average Bonchev–Trinajstić information content (AvgIpc) is 3.42. The van der Waals surface area contributed by atoms with Gasteiger partial charge in [-0.1, -0.05) is 6.07 Å². The number of nitrogens with one attached hydrogen (secondary N) is 1. The Hall–Kier alpha value is -5.12. The van der Waals surface area contributed by atoms with Gasteiger partial charge in [0.2, 0.25) is 0 Å². The molecule has 0 aliphatic carbocycles. The van der Waals surface area contributed by atoms with Crippen LogP contribution in [0.1, 0.15) is 56.5 Å². The minimum atomic E-state index is -0.445. The molecular weight excluding hydrogens is 737 g/mol. The summed E-state index contributed by atoms with van der Waals surface area (Å²) in [5.41, 5.74) is 2.52. The van der Waals surface area contributed by atoms with E-state index in [0.29, 0.717) is 52.0 Å². The highest BCUT2D eigenvalue weighted by molar-refractivity contribution is 8.18. The van der Waals surface area contributed by atoms with Gasteiger partial charge in [0.25, 0.3) is 11.1 Å². The number of carbonyl (C=O) groups excluding carboxylic acids is 3. The molecule has 0 bridgehead atoms. The lowest BCUT2D eigenvalue weighted by Crippen LogP contribution is -2.35. The number of aromatic nitrogens is 4. The van der Waals surface area contributed by atoms with Crippen molar-refractivity contribution in [3.63, 3.8) is 0 Å². The number of hydrogen-bond donors (Lipinski definition) is 1. The number of halogens is 2. The van der Waals surface area contributed by atoms with Gasteiger partial charge < -0.3 is 9.80 Å². The van der Waals surface area contributed by atoms with Crippen molar-refractivity contribution in [2.24, 2.45) is 0 Å². The van der Waals surface area contributed by atoms with E-state index in [1.807, 2.05) is 0 Å². The van der Waals surface area contributed by atoms with Gasteiger partial charge in [0, 0.05) is 81.1 Å². The molecule has 2 aromatic heterocycles. The maximum Gasteiger partial charge on any atom is 0.290 e. The van der Waals surface area contributed by atoms with Crippen LogP contribution in [0, 0.1) is 11.6 Å². The quantitative estimate of drug-likeness (QED) is 0.154. The average molecular weight is 784 g/mol. The molecule has 1 N–H and O–H groups in total. The van der Waals surface area contributed by atoms with Gasteiger partial charge in [-0.25, -0.2) is 18.7 Å². The molecular formula is C41H47F2N9O3S. The summed E-state index contributed by atoms with van der Waals surface area (Å²) >= 11 is 0.829. The molecule has 12 nitrogen and oxygen atoms in total. The van der Waals surface area contributed by atoms with Crippen LogP contribution in [-0.4, -0.2) is 112 Å². The van der Waals surface area contributed by atoms with Crippen LogP contribution in [0.2, 0.25) is 0 Å². The number of imide groups is 1. The fourth-order valence-electron chi connectivity index (χ4n) is 6.86. The van der Waals surface area contributed by atoms with Crippen LogP contribution in [0.15, 0.2) is 66.1 Å². The van der Waals surface area contributed by atoms with E-state index < -0.39 is 22.8 Å². The van der Waals surface area contributed by atoms with Crippen LogP contribution in [0.3, 0.4) is 0 Å². The van der Waals surface area contributed by atoms with Crippen molar-refractivity contribution in [1.82, 2.24) is 35.1 Å². The largest absolute Gasteiger partial charge is 0.354 e. The summed E-state index contributed by atoms with van der Waals surface area (Å²) in [6, 6.07) is 9.81. The Labute approximate surface area is 330 Å². The Balaban J connectivity index is 0.000000194. The SMILES string of the molecule is CC(C)N1CCCN(c2cncc(-c3cc(/C=C4\SC(=O)NC4=O)ccc3F)n2)CC1.CC(C)N1CCCN(c2cncc(-c3cc(C=O)ccc3F)n2)CC1. The second-order valence-electron chi connectivity index (χ2n) is 14.4. The first-order valence-corrected chi connectivity index (χ1v) is 19.7. The maximum absolute atomic E-state index is 14.6. The molecule has 4 aromatic rings. The first-order chi connectivity index (χ1) is 27.0. The number of hydrogen-bond acceptors (Lipinski definition) is 12. The fourth-order valence-corrected chi connectivity index (χ4v) is 7.54. The lowest BCUT2D eigenvalue weighted by Gasteiger charge is -2.25. The maximum atomic E-state index is 14.6. The second-order valence-corrected chi connectivity index (χ2v) is 15.4. The Kier molecular flexibility index (Phi) is 13.5. The Morgan fingerprint density at radius 3 is 1.64 bits per heavy atom. The van der Waals surface area contributed by atoms with Crippen LogP contribution in [0.4, 0.5) is 25.2 Å². The van der Waals surface area contributed by atoms with Crippen LogP contribution in [0.5, 0.6) is 0 Å². The highest BCUT2D eigenvalue weighted by Crippen LogP contribution is 2.29. The van der Waals surface area contributed by atoms with Crippen LogP contribution in [0.25, 0.3) is 28.6 Å². The van der Waals surface area contributed by atoms with Gasteiger partial charge in [-0.2, -0.15) is 0 Å². The molecule has 0 radical (unpaired) electrons. The number of carbonyl (C=O) groups is 3. The molecule has 0 saturated carbocycles. The van der Waals surface area contributed by atoms with Crippen molar-refractivity contribution >= 4 is 46.9 Å². The van der Waals surface area contributed by atoms with Gasteiger partial charge in [0.1, 0.15) is 29.6 Å². The van der Waals surface area contributed by atoms with Gasteiger partial charge in [0.05, 0.1) is 41.1 Å². The van der Waals surface area contributed by atoms with E-state index in [2.05, 4.69) is 72.5 Å². The van der Waals surface area contributed by atoms with E-state index in [1.165, 1.54) is 36.7 Å². The highest BCUT2D eigenvalue weighted by atomic mass is 32.2. The first kappa shape index (κ1) is 40.5. The normalized spacial score (nSPS) is 17.8. The lowest BCUT2D eigenvalue weighted by atomic mass is 10.1. The summed E-state index contributed by atoms with van der Waals surface area (Å²) in [4.78, 5) is 61.5. The summed E-state index contributed by atoms with van der Waals surface area (Å²) in [5.74, 6) is 0.204. The number of rotatable bonds is 8. The van der Waals surface area contributed by atoms with Crippen molar-refractivity contribution in [3.8, 4) is 22.5 Å². The van der Waals surface area contributed by atoms with Crippen LogP contribution in [-0.2, 0) is 4.79 Å². The molecule has 3 aliphatic heterocycles. The highest BCUT2D eigenvalue weighted by Gasteiger charge is 2.25. The molecule has 294 valence electrons. The van der Waals surface area contributed by atoms with Gasteiger partial charge in [-0.3, -0.25) is 39.5 Å². The van der Waals surface area contributed by atoms with E-state index in [-0.39, 0.29) is 4.91 Å². The van der Waals surface area contributed by atoms with E-state index in [0.717, 1.165) is 88.6 Å². The van der Waals surface area contributed by atoms with Crippen molar-refractivity contribution in [2.45, 2.75) is 52.6 Å². The molecule has 5 heterocycles. The summed E-state index contributed by atoms with van der Waals surface area (Å²) in [6.45, 7) is 16.3. The summed E-state index contributed by atoms with van der Waals surface area (Å²) < 4.78 is 28.8. The molecule has 0 atom stereocenters. The summed E-state index contributed by atoms with van der Waals surface area (Å²) in [7, 11) is 0. The standard InChI is InChI=1S/C22H24FN5O2S.C19H23FN4O/c1-14(2)27-6-3-7-28(9-8-27)20-13-24-12-18(25-20)16-10-15(4-5-17(16)23)11-19-21(29)26-22(30)31-19;1-14(2)23-6-3-7-24(9-8-23)19-12-21-11-18(22-19)16-10-15(13-25)4-5-17(16)20/h4-5,10-14H,3,6-9H2,1-2H3,(H,26,29,30);4-5,10-14H,3,6-9H2,1-2H3/b19-11-;. The molecule has 0 unspecified atom stereocenters. The molecule has 0 spiro atoms. The minimum absolute atomic E-state index is 0.279. The molecule has 2 amide bonds. The topological polar surface area (TPSA) is 128 Å². The monoisotopic (exact) mass is 783 g/mol. The summed E-state index contributed by atoms with van der Waals surface area (Å²) in [5, 5.41) is 1.80. The van der Waals surface area contributed by atoms with E-state index >= 15 is 0 Å². The Bertz CT molecular complexity index is 2080. The van der Waals surface area contributed by atoms with Crippen LogP contribution < -0.4 is 15.1 Å². The van der Waals surface area contributed by atoms with Gasteiger partial charge in [-0.05, 0) is 94.3 Å². The zero-order chi connectivity index (χ0) is 39.8. The third kappa shape index (κ3) is 10.2. The Morgan fingerprint density at radius 1 is 0.679 bits per heavy atom. The zero-order valence-corrected chi connectivity index (χ0v) is 32.9. The predicted molar refractivity (Wildman–Crippen MR) is 216 cm³/mol. The van der Waals surface area contributed by atoms with E-state index in [4.69, 9.17) is 0 Å². The number of amides is 2. The van der Waals surface area contributed by atoms with E-state index in [1.54, 1.807) is 30.6 Å². The van der Waals surface area contributed by atoms with Crippen molar-refractivity contribution < 1.29 is 23.2 Å². The van der Waals surface area contributed by atoms with Crippen molar-refractivity contribution in [2.75, 3.05) is 62.2 Å². The molecule has 56 heavy (non-hydrogen) atoms. The number of thioether (sulfide) groups is 1. The third-order valence-electron chi connectivity index (χ3n) is 10.0. The second kappa shape index (κ2) is 18.7. The Morgan fingerprint density at radius 2 is 1.18 bits per heavy atom. The van der Waals surface area contributed by atoms with E-state index in [9.17, 15) is 23.2 Å². The van der Waals surface area contributed by atoms with Gasteiger partial charge in [-0.15, -0.1) is 0 Å². The number of anilines is 2. The summed E-state index contributed by atoms with van der Waals surface area (Å²) in [6.07, 6.45) is 10.9. The van der Waals surface area contributed by atoms with Gasteiger partial charge in [0.15, 0.2) is 0 Å². The predicted octanol–water partition coefficient (Wildman–Crippen LogP) is 6.54.